The summed E-state index contributed by atoms with van der Waals surface area (Å²) < 4.78 is 0. The van der Waals surface area contributed by atoms with E-state index < -0.39 is 0 Å². The van der Waals surface area contributed by atoms with Crippen LogP contribution in [0.3, 0.4) is 0 Å². The molecule has 1 aliphatic rings. The fourth-order valence-electron chi connectivity index (χ4n) is 1.22. The highest BCUT2D eigenvalue weighted by Gasteiger charge is 2.20. The van der Waals surface area contributed by atoms with E-state index in [0.717, 1.165) is 19.0 Å². The predicted molar refractivity (Wildman–Crippen MR) is 63.9 cm³/mol. The lowest BCUT2D eigenvalue weighted by atomic mass is 10.5. The highest BCUT2D eigenvalue weighted by atomic mass is 32.2. The van der Waals surface area contributed by atoms with E-state index in [1.54, 1.807) is 11.3 Å². The van der Waals surface area contributed by atoms with Gasteiger partial charge in [0.1, 0.15) is 0 Å². The monoisotopic (exact) mass is 228 g/mol. The highest BCUT2D eigenvalue weighted by Crippen LogP contribution is 2.32. The lowest BCUT2D eigenvalue weighted by Crippen LogP contribution is -2.16. The van der Waals surface area contributed by atoms with Gasteiger partial charge in [0, 0.05) is 29.9 Å². The molecule has 0 aliphatic heterocycles. The molecule has 4 heteroatoms. The topological polar surface area (TPSA) is 24.9 Å². The van der Waals surface area contributed by atoms with E-state index in [2.05, 4.69) is 22.1 Å². The Morgan fingerprint density at radius 1 is 1.57 bits per heavy atom. The average Bonchev–Trinajstić information content (AvgIpc) is 2.87. The molecule has 1 aromatic rings. The van der Waals surface area contributed by atoms with E-state index in [0.29, 0.717) is 0 Å². The van der Waals surface area contributed by atoms with Gasteiger partial charge in [0.05, 0.1) is 5.51 Å². The van der Waals surface area contributed by atoms with Crippen molar-refractivity contribution in [3.8, 4) is 0 Å². The Morgan fingerprint density at radius 3 is 3.21 bits per heavy atom. The summed E-state index contributed by atoms with van der Waals surface area (Å²) >= 11 is 3.81. The predicted octanol–water partition coefficient (Wildman–Crippen LogP) is 2.38. The number of nitrogens with one attached hydrogen (secondary N) is 1. The average molecular weight is 228 g/mol. The Bertz CT molecular complexity index is 245. The molecule has 0 spiro atoms. The van der Waals surface area contributed by atoms with Gasteiger partial charge in [-0.1, -0.05) is 0 Å². The van der Waals surface area contributed by atoms with Gasteiger partial charge < -0.3 is 5.32 Å². The normalized spacial score (nSPS) is 16.0. The molecular weight excluding hydrogens is 212 g/mol. The smallest absolute Gasteiger partial charge is 0.0794 e. The zero-order valence-electron chi connectivity index (χ0n) is 8.24. The number of thioether (sulfide) groups is 1. The first-order valence-corrected chi connectivity index (χ1v) is 7.14. The van der Waals surface area contributed by atoms with Gasteiger partial charge in [-0.2, -0.15) is 11.8 Å². The molecule has 1 aliphatic carbocycles. The minimum Gasteiger partial charge on any atom is -0.311 e. The quantitative estimate of drug-likeness (QED) is 0.725. The summed E-state index contributed by atoms with van der Waals surface area (Å²) in [7, 11) is 0. The summed E-state index contributed by atoms with van der Waals surface area (Å²) in [5, 5.41) is 3.43. The number of hydrogen-bond donors (Lipinski definition) is 1. The SMILES string of the molecule is c1ncc(CNCCSCC2CC2)s1. The van der Waals surface area contributed by atoms with Crippen LogP contribution in [0.25, 0.3) is 0 Å². The minimum absolute atomic E-state index is 0.981. The molecule has 0 saturated heterocycles. The summed E-state index contributed by atoms with van der Waals surface area (Å²) in [6, 6.07) is 0. The third kappa shape index (κ3) is 3.98. The molecule has 2 nitrogen and oxygen atoms in total. The minimum atomic E-state index is 0.981. The van der Waals surface area contributed by atoms with E-state index in [-0.39, 0.29) is 0 Å². The molecule has 0 atom stereocenters. The number of rotatable bonds is 7. The molecule has 14 heavy (non-hydrogen) atoms. The molecule has 1 fully saturated rings. The van der Waals surface area contributed by atoms with Crippen LogP contribution in [-0.2, 0) is 6.54 Å². The largest absolute Gasteiger partial charge is 0.311 e. The maximum absolute atomic E-state index is 4.04. The van der Waals surface area contributed by atoms with E-state index in [1.807, 2.05) is 11.7 Å². The number of aromatic nitrogens is 1. The lowest BCUT2D eigenvalue weighted by Gasteiger charge is -2.02. The fourth-order valence-corrected chi connectivity index (χ4v) is 2.91. The van der Waals surface area contributed by atoms with Gasteiger partial charge in [-0.05, 0) is 24.5 Å². The molecule has 78 valence electrons. The van der Waals surface area contributed by atoms with Gasteiger partial charge in [-0.15, -0.1) is 11.3 Å². The fraction of sp³-hybridized carbons (Fsp3) is 0.700. The number of nitrogens with zero attached hydrogens (tertiary/aromatic N) is 1. The Hall–Kier alpha value is -0.0600. The summed E-state index contributed by atoms with van der Waals surface area (Å²) in [6.07, 6.45) is 4.89. The van der Waals surface area contributed by atoms with Crippen molar-refractivity contribution in [3.63, 3.8) is 0 Å². The second-order valence-electron chi connectivity index (χ2n) is 3.66. The van der Waals surface area contributed by atoms with Crippen molar-refractivity contribution < 1.29 is 0 Å². The van der Waals surface area contributed by atoms with Crippen LogP contribution in [0.5, 0.6) is 0 Å². The van der Waals surface area contributed by atoms with E-state index >= 15 is 0 Å². The number of hydrogen-bond acceptors (Lipinski definition) is 4. The first kappa shape index (κ1) is 10.5. The number of thiazole rings is 1. The molecular formula is C10H16N2S2. The maximum atomic E-state index is 4.04. The van der Waals surface area contributed by atoms with Crippen LogP contribution in [0.1, 0.15) is 17.7 Å². The van der Waals surface area contributed by atoms with Crippen LogP contribution < -0.4 is 5.32 Å². The van der Waals surface area contributed by atoms with Gasteiger partial charge in [-0.25, -0.2) is 0 Å². The Balaban J connectivity index is 1.43. The standard InChI is InChI=1S/C10H16N2S2/c1-2-9(1)7-13-4-3-11-5-10-6-12-8-14-10/h6,8-9,11H,1-5,7H2. The van der Waals surface area contributed by atoms with Crippen LogP contribution in [0.4, 0.5) is 0 Å². The second kappa shape index (κ2) is 5.73. The van der Waals surface area contributed by atoms with E-state index in [1.165, 1.54) is 29.2 Å². The van der Waals surface area contributed by atoms with Gasteiger partial charge in [0.15, 0.2) is 0 Å². The van der Waals surface area contributed by atoms with Gasteiger partial charge in [-0.3, -0.25) is 4.98 Å². The van der Waals surface area contributed by atoms with Crippen molar-refractivity contribution in [2.45, 2.75) is 19.4 Å². The van der Waals surface area contributed by atoms with Gasteiger partial charge in [0.2, 0.25) is 0 Å². The van der Waals surface area contributed by atoms with Crippen molar-refractivity contribution in [1.29, 1.82) is 0 Å². The summed E-state index contributed by atoms with van der Waals surface area (Å²) in [5.41, 5.74) is 1.89. The molecule has 0 bridgehead atoms. The Kier molecular flexibility index (Phi) is 4.28. The van der Waals surface area contributed by atoms with E-state index in [4.69, 9.17) is 0 Å². The molecule has 0 amide bonds. The molecule has 1 heterocycles. The first-order valence-electron chi connectivity index (χ1n) is 5.11. The molecule has 2 rings (SSSR count). The van der Waals surface area contributed by atoms with Gasteiger partial charge in [0.25, 0.3) is 0 Å². The van der Waals surface area contributed by atoms with Crippen molar-refractivity contribution in [3.05, 3.63) is 16.6 Å². The molecule has 1 N–H and O–H groups in total. The lowest BCUT2D eigenvalue weighted by molar-refractivity contribution is 0.739. The van der Waals surface area contributed by atoms with Crippen LogP contribution in [0.15, 0.2) is 11.7 Å². The Morgan fingerprint density at radius 2 is 2.50 bits per heavy atom. The van der Waals surface area contributed by atoms with Crippen LogP contribution in [0, 0.1) is 5.92 Å². The first-order chi connectivity index (χ1) is 6.95. The third-order valence-electron chi connectivity index (χ3n) is 2.26. The van der Waals surface area contributed by atoms with Gasteiger partial charge >= 0.3 is 0 Å². The third-order valence-corrected chi connectivity index (χ3v) is 4.24. The molecule has 0 radical (unpaired) electrons. The second-order valence-corrected chi connectivity index (χ2v) is 5.78. The molecule has 1 saturated carbocycles. The van der Waals surface area contributed by atoms with Crippen molar-refractivity contribution >= 4 is 23.1 Å². The molecule has 1 aromatic heterocycles. The van der Waals surface area contributed by atoms with Crippen LogP contribution in [-0.4, -0.2) is 23.0 Å². The summed E-state index contributed by atoms with van der Waals surface area (Å²) in [5.74, 6) is 3.68. The summed E-state index contributed by atoms with van der Waals surface area (Å²) in [6.45, 7) is 2.10. The van der Waals surface area contributed by atoms with Crippen LogP contribution >= 0.6 is 23.1 Å². The molecule has 0 unspecified atom stereocenters. The highest BCUT2D eigenvalue weighted by molar-refractivity contribution is 7.99. The molecule has 0 aromatic carbocycles. The van der Waals surface area contributed by atoms with Crippen molar-refractivity contribution in [2.24, 2.45) is 5.92 Å². The zero-order valence-corrected chi connectivity index (χ0v) is 9.87. The summed E-state index contributed by atoms with van der Waals surface area (Å²) in [4.78, 5) is 5.37. The van der Waals surface area contributed by atoms with Crippen molar-refractivity contribution in [1.82, 2.24) is 10.3 Å². The van der Waals surface area contributed by atoms with E-state index in [9.17, 15) is 0 Å². The maximum Gasteiger partial charge on any atom is 0.0794 e. The van der Waals surface area contributed by atoms with Crippen LogP contribution in [0.2, 0.25) is 0 Å². The Labute approximate surface area is 93.5 Å². The zero-order chi connectivity index (χ0) is 9.64. The van der Waals surface area contributed by atoms with Crippen molar-refractivity contribution in [2.75, 3.05) is 18.1 Å².